The number of amides is 2. The number of aromatic nitrogens is 1. The van der Waals surface area contributed by atoms with Crippen LogP contribution in [-0.2, 0) is 11.3 Å². The Kier molecular flexibility index (Phi) is 6.11. The first-order chi connectivity index (χ1) is 11.6. The lowest BCUT2D eigenvalue weighted by Gasteiger charge is -2.45. The number of hydrogen-bond acceptors (Lipinski definition) is 5. The number of urea groups is 1. The fraction of sp³-hybridized carbons (Fsp3) is 0.778. The molecule has 142 valence electrons. The van der Waals surface area contributed by atoms with Crippen LogP contribution in [0.5, 0.6) is 0 Å². The summed E-state index contributed by atoms with van der Waals surface area (Å²) in [4.78, 5) is 16.5. The average molecular weight is 352 g/mol. The SMILES string of the molecule is Cc1noc(C)c1CN(C)C(=O)NCC(C)(C)N1CC(C)OC(C)C1. The molecule has 1 aliphatic rings. The molecule has 2 unspecified atom stereocenters. The number of morpholine rings is 1. The number of carbonyl (C=O) groups excluding carboxylic acids is 1. The number of nitrogens with one attached hydrogen (secondary N) is 1. The predicted octanol–water partition coefficient (Wildman–Crippen LogP) is 2.32. The molecule has 1 aromatic heterocycles. The lowest BCUT2D eigenvalue weighted by Crippen LogP contribution is -2.59. The molecule has 0 radical (unpaired) electrons. The van der Waals surface area contributed by atoms with Gasteiger partial charge in [0.05, 0.1) is 24.4 Å². The van der Waals surface area contributed by atoms with Gasteiger partial charge in [-0.1, -0.05) is 5.16 Å². The van der Waals surface area contributed by atoms with Gasteiger partial charge < -0.3 is 19.5 Å². The quantitative estimate of drug-likeness (QED) is 0.881. The molecule has 0 aromatic carbocycles. The van der Waals surface area contributed by atoms with Crippen molar-refractivity contribution in [2.45, 2.75) is 65.8 Å². The molecule has 7 nitrogen and oxygen atoms in total. The average Bonchev–Trinajstić information content (AvgIpc) is 2.83. The van der Waals surface area contributed by atoms with Crippen molar-refractivity contribution in [3.05, 3.63) is 17.0 Å². The van der Waals surface area contributed by atoms with E-state index in [0.717, 1.165) is 30.1 Å². The van der Waals surface area contributed by atoms with Crippen molar-refractivity contribution >= 4 is 6.03 Å². The first-order valence-electron chi connectivity index (χ1n) is 8.91. The Bertz CT molecular complexity index is 570. The molecule has 0 saturated carbocycles. The summed E-state index contributed by atoms with van der Waals surface area (Å²) in [5.41, 5.74) is 1.66. The Morgan fingerprint density at radius 3 is 2.44 bits per heavy atom. The van der Waals surface area contributed by atoms with Gasteiger partial charge in [-0.2, -0.15) is 0 Å². The van der Waals surface area contributed by atoms with E-state index in [2.05, 4.69) is 43.1 Å². The third-order valence-electron chi connectivity index (χ3n) is 4.87. The third-order valence-corrected chi connectivity index (χ3v) is 4.87. The molecule has 1 aromatic rings. The van der Waals surface area contributed by atoms with Crippen LogP contribution >= 0.6 is 0 Å². The highest BCUT2D eigenvalue weighted by Gasteiger charge is 2.33. The first-order valence-corrected chi connectivity index (χ1v) is 8.91. The molecular weight excluding hydrogens is 320 g/mol. The number of ether oxygens (including phenoxy) is 1. The summed E-state index contributed by atoms with van der Waals surface area (Å²) >= 11 is 0. The maximum atomic E-state index is 12.5. The van der Waals surface area contributed by atoms with Crippen LogP contribution in [0.3, 0.4) is 0 Å². The van der Waals surface area contributed by atoms with Crippen molar-refractivity contribution in [3.63, 3.8) is 0 Å². The largest absolute Gasteiger partial charge is 0.373 e. The molecule has 25 heavy (non-hydrogen) atoms. The van der Waals surface area contributed by atoms with E-state index < -0.39 is 0 Å². The van der Waals surface area contributed by atoms with Crippen LogP contribution in [0.4, 0.5) is 4.79 Å². The van der Waals surface area contributed by atoms with Gasteiger partial charge in [0.15, 0.2) is 0 Å². The maximum Gasteiger partial charge on any atom is 0.317 e. The van der Waals surface area contributed by atoms with Gasteiger partial charge in [-0.25, -0.2) is 4.79 Å². The molecular formula is C18H32N4O3. The molecule has 2 amide bonds. The fourth-order valence-electron chi connectivity index (χ4n) is 3.25. The van der Waals surface area contributed by atoms with Crippen molar-refractivity contribution in [2.75, 3.05) is 26.7 Å². The van der Waals surface area contributed by atoms with Crippen molar-refractivity contribution in [1.82, 2.24) is 20.3 Å². The lowest BCUT2D eigenvalue weighted by molar-refractivity contribution is -0.0948. The van der Waals surface area contributed by atoms with Crippen LogP contribution in [0, 0.1) is 13.8 Å². The minimum atomic E-state index is -0.133. The summed E-state index contributed by atoms with van der Waals surface area (Å²) in [6.45, 7) is 15.1. The standard InChI is InChI=1S/C18H32N4O3/c1-12-8-22(9-13(2)24-12)18(5,6)11-19-17(23)21(7)10-16-14(3)20-25-15(16)4/h12-13H,8-11H2,1-7H3,(H,19,23). The monoisotopic (exact) mass is 352 g/mol. The van der Waals surface area contributed by atoms with Gasteiger partial charge in [-0.15, -0.1) is 0 Å². The number of hydrogen-bond donors (Lipinski definition) is 1. The van der Waals surface area contributed by atoms with Crippen LogP contribution < -0.4 is 5.32 Å². The van der Waals surface area contributed by atoms with Crippen LogP contribution in [0.25, 0.3) is 0 Å². The zero-order valence-corrected chi connectivity index (χ0v) is 16.5. The molecule has 1 fully saturated rings. The second-order valence-electron chi connectivity index (χ2n) is 7.79. The van der Waals surface area contributed by atoms with Crippen molar-refractivity contribution in [1.29, 1.82) is 0 Å². The maximum absolute atomic E-state index is 12.5. The molecule has 1 aliphatic heterocycles. The van der Waals surface area contributed by atoms with E-state index in [4.69, 9.17) is 9.26 Å². The van der Waals surface area contributed by atoms with E-state index in [9.17, 15) is 4.79 Å². The summed E-state index contributed by atoms with van der Waals surface area (Å²) in [5, 5.41) is 6.99. The topological polar surface area (TPSA) is 70.8 Å². The lowest BCUT2D eigenvalue weighted by atomic mass is 10.00. The second kappa shape index (κ2) is 7.74. The fourth-order valence-corrected chi connectivity index (χ4v) is 3.25. The summed E-state index contributed by atoms with van der Waals surface area (Å²) in [7, 11) is 1.78. The predicted molar refractivity (Wildman–Crippen MR) is 96.5 cm³/mol. The Labute approximate surface area is 150 Å². The molecule has 7 heteroatoms. The minimum absolute atomic E-state index is 0.0950. The molecule has 0 aliphatic carbocycles. The number of carbonyl (C=O) groups is 1. The van der Waals surface area contributed by atoms with Gasteiger partial charge in [-0.3, -0.25) is 4.90 Å². The first kappa shape index (κ1) is 19.7. The summed E-state index contributed by atoms with van der Waals surface area (Å²) in [6.07, 6.45) is 0.418. The molecule has 1 N–H and O–H groups in total. The minimum Gasteiger partial charge on any atom is -0.373 e. The Hall–Kier alpha value is -1.60. The normalized spacial score (nSPS) is 22.0. The molecule has 2 rings (SSSR count). The van der Waals surface area contributed by atoms with E-state index in [1.807, 2.05) is 13.8 Å². The van der Waals surface area contributed by atoms with Crippen LogP contribution in [-0.4, -0.2) is 65.4 Å². The molecule has 0 spiro atoms. The Morgan fingerprint density at radius 2 is 1.92 bits per heavy atom. The van der Waals surface area contributed by atoms with E-state index in [0.29, 0.717) is 13.1 Å². The van der Waals surface area contributed by atoms with Gasteiger partial charge in [0.25, 0.3) is 0 Å². The van der Waals surface area contributed by atoms with Gasteiger partial charge >= 0.3 is 6.03 Å². The highest BCUT2D eigenvalue weighted by Crippen LogP contribution is 2.21. The summed E-state index contributed by atoms with van der Waals surface area (Å²) in [6, 6.07) is -0.0950. The number of rotatable bonds is 5. The molecule has 2 heterocycles. The number of nitrogens with zero attached hydrogens (tertiary/aromatic N) is 3. The second-order valence-corrected chi connectivity index (χ2v) is 7.79. The zero-order chi connectivity index (χ0) is 18.8. The van der Waals surface area contributed by atoms with E-state index in [1.165, 1.54) is 0 Å². The van der Waals surface area contributed by atoms with Crippen LogP contribution in [0.1, 0.15) is 44.7 Å². The van der Waals surface area contributed by atoms with E-state index >= 15 is 0 Å². The van der Waals surface area contributed by atoms with Crippen LogP contribution in [0.15, 0.2) is 4.52 Å². The zero-order valence-electron chi connectivity index (χ0n) is 16.5. The van der Waals surface area contributed by atoms with Crippen molar-refractivity contribution in [2.24, 2.45) is 0 Å². The Morgan fingerprint density at radius 1 is 1.32 bits per heavy atom. The molecule has 0 bridgehead atoms. The van der Waals surface area contributed by atoms with Crippen molar-refractivity contribution < 1.29 is 14.1 Å². The highest BCUT2D eigenvalue weighted by atomic mass is 16.5. The molecule has 1 saturated heterocycles. The van der Waals surface area contributed by atoms with Crippen LogP contribution in [0.2, 0.25) is 0 Å². The third kappa shape index (κ3) is 4.95. The molecule has 2 atom stereocenters. The van der Waals surface area contributed by atoms with Gasteiger partial charge in [-0.05, 0) is 41.5 Å². The van der Waals surface area contributed by atoms with Gasteiger partial charge in [0, 0.05) is 37.8 Å². The smallest absolute Gasteiger partial charge is 0.317 e. The summed E-state index contributed by atoms with van der Waals surface area (Å²) in [5.74, 6) is 0.758. The van der Waals surface area contributed by atoms with Crippen molar-refractivity contribution in [3.8, 4) is 0 Å². The number of aryl methyl sites for hydroxylation is 2. The summed E-state index contributed by atoms with van der Waals surface area (Å²) < 4.78 is 11.0. The van der Waals surface area contributed by atoms with E-state index in [1.54, 1.807) is 11.9 Å². The Balaban J connectivity index is 1.89. The van der Waals surface area contributed by atoms with Gasteiger partial charge in [0.1, 0.15) is 5.76 Å². The highest BCUT2D eigenvalue weighted by molar-refractivity contribution is 5.74. The van der Waals surface area contributed by atoms with E-state index in [-0.39, 0.29) is 23.8 Å². The van der Waals surface area contributed by atoms with Gasteiger partial charge in [0.2, 0.25) is 0 Å².